The van der Waals surface area contributed by atoms with Crippen molar-refractivity contribution in [3.63, 3.8) is 0 Å². The van der Waals surface area contributed by atoms with Gasteiger partial charge in [-0.2, -0.15) is 5.10 Å². The van der Waals surface area contributed by atoms with E-state index in [4.69, 9.17) is 0 Å². The lowest BCUT2D eigenvalue weighted by atomic mass is 10.1. The molecule has 1 aliphatic rings. The van der Waals surface area contributed by atoms with Gasteiger partial charge in [0.05, 0.1) is 17.1 Å². The SMILES string of the molecule is Cc1ccc(C(=O)N2CCC[C@H]2c2cnn(C)c2)cc1S(C)(=O)=O. The first-order chi connectivity index (χ1) is 11.3. The number of amides is 1. The maximum absolute atomic E-state index is 12.9. The second-order valence-corrected chi connectivity index (χ2v) is 8.34. The Kier molecular flexibility index (Phi) is 4.21. The molecule has 2 heterocycles. The summed E-state index contributed by atoms with van der Waals surface area (Å²) in [6.07, 6.45) is 6.69. The smallest absolute Gasteiger partial charge is 0.254 e. The summed E-state index contributed by atoms with van der Waals surface area (Å²) in [4.78, 5) is 15.0. The number of likely N-dealkylation sites (tertiary alicyclic amines) is 1. The number of aromatic nitrogens is 2. The number of rotatable bonds is 3. The monoisotopic (exact) mass is 347 g/mol. The predicted molar refractivity (Wildman–Crippen MR) is 90.5 cm³/mol. The zero-order valence-corrected chi connectivity index (χ0v) is 14.9. The van der Waals surface area contributed by atoms with Crippen molar-refractivity contribution in [1.82, 2.24) is 14.7 Å². The fraction of sp³-hybridized carbons (Fsp3) is 0.412. The van der Waals surface area contributed by atoms with Crippen molar-refractivity contribution in [2.45, 2.75) is 30.7 Å². The van der Waals surface area contributed by atoms with E-state index in [-0.39, 0.29) is 16.8 Å². The molecule has 0 aliphatic carbocycles. The van der Waals surface area contributed by atoms with Gasteiger partial charge in [-0.25, -0.2) is 8.42 Å². The topological polar surface area (TPSA) is 72.3 Å². The minimum atomic E-state index is -3.36. The van der Waals surface area contributed by atoms with Crippen LogP contribution in [0.3, 0.4) is 0 Å². The lowest BCUT2D eigenvalue weighted by molar-refractivity contribution is 0.0735. The summed E-state index contributed by atoms with van der Waals surface area (Å²) in [5, 5.41) is 4.19. The van der Waals surface area contributed by atoms with Crippen LogP contribution in [0.5, 0.6) is 0 Å². The predicted octanol–water partition coefficient (Wildman–Crippen LogP) is 2.11. The molecule has 0 unspecified atom stereocenters. The Morgan fingerprint density at radius 1 is 1.33 bits per heavy atom. The average molecular weight is 347 g/mol. The minimum absolute atomic E-state index is 0.00538. The molecule has 2 aromatic rings. The average Bonchev–Trinajstić information content (AvgIpc) is 3.14. The van der Waals surface area contributed by atoms with E-state index in [0.29, 0.717) is 17.7 Å². The summed E-state index contributed by atoms with van der Waals surface area (Å²) >= 11 is 0. The van der Waals surface area contributed by atoms with Gasteiger partial charge in [-0.3, -0.25) is 9.48 Å². The molecule has 0 N–H and O–H groups in total. The van der Waals surface area contributed by atoms with Crippen LogP contribution in [0.15, 0.2) is 35.5 Å². The zero-order valence-electron chi connectivity index (χ0n) is 14.1. The van der Waals surface area contributed by atoms with Crippen LogP contribution in [0.4, 0.5) is 0 Å². The fourth-order valence-corrected chi connectivity index (χ4v) is 4.26. The van der Waals surface area contributed by atoms with Gasteiger partial charge < -0.3 is 4.90 Å². The first kappa shape index (κ1) is 16.7. The molecule has 6 nitrogen and oxygen atoms in total. The maximum Gasteiger partial charge on any atom is 0.254 e. The second kappa shape index (κ2) is 6.05. The van der Waals surface area contributed by atoms with Crippen molar-refractivity contribution in [3.05, 3.63) is 47.3 Å². The molecular weight excluding hydrogens is 326 g/mol. The van der Waals surface area contributed by atoms with Crippen LogP contribution in [-0.4, -0.2) is 41.8 Å². The van der Waals surface area contributed by atoms with Crippen LogP contribution in [-0.2, 0) is 16.9 Å². The Hall–Kier alpha value is -2.15. The van der Waals surface area contributed by atoms with Gasteiger partial charge in [0, 0.05) is 37.2 Å². The Morgan fingerprint density at radius 3 is 2.71 bits per heavy atom. The molecule has 0 bridgehead atoms. The molecule has 1 amide bonds. The first-order valence-corrected chi connectivity index (χ1v) is 9.77. The van der Waals surface area contributed by atoms with E-state index < -0.39 is 9.84 Å². The van der Waals surface area contributed by atoms with Crippen LogP contribution < -0.4 is 0 Å². The summed E-state index contributed by atoms with van der Waals surface area (Å²) in [5.74, 6) is -0.133. The van der Waals surface area contributed by atoms with Gasteiger partial charge in [0.15, 0.2) is 9.84 Å². The number of carbonyl (C=O) groups is 1. The van der Waals surface area contributed by atoms with Crippen molar-refractivity contribution >= 4 is 15.7 Å². The van der Waals surface area contributed by atoms with E-state index in [1.807, 2.05) is 18.1 Å². The molecule has 0 saturated carbocycles. The van der Waals surface area contributed by atoms with Gasteiger partial charge in [0.1, 0.15) is 0 Å². The van der Waals surface area contributed by atoms with Gasteiger partial charge in [0.25, 0.3) is 5.91 Å². The number of benzene rings is 1. The van der Waals surface area contributed by atoms with E-state index in [9.17, 15) is 13.2 Å². The van der Waals surface area contributed by atoms with Crippen molar-refractivity contribution in [2.75, 3.05) is 12.8 Å². The third-order valence-corrected chi connectivity index (χ3v) is 5.70. The lowest BCUT2D eigenvalue weighted by Gasteiger charge is -2.24. The normalized spacial score (nSPS) is 18.1. The van der Waals surface area contributed by atoms with Crippen molar-refractivity contribution < 1.29 is 13.2 Å². The third-order valence-electron chi connectivity index (χ3n) is 4.46. The summed E-state index contributed by atoms with van der Waals surface area (Å²) in [6, 6.07) is 4.88. The van der Waals surface area contributed by atoms with E-state index in [1.54, 1.807) is 29.9 Å². The van der Waals surface area contributed by atoms with Gasteiger partial charge in [-0.05, 0) is 37.5 Å². The number of hydrogen-bond donors (Lipinski definition) is 0. The molecule has 0 radical (unpaired) electrons. The number of hydrogen-bond acceptors (Lipinski definition) is 4. The Balaban J connectivity index is 1.94. The lowest BCUT2D eigenvalue weighted by Crippen LogP contribution is -2.30. The summed E-state index contributed by atoms with van der Waals surface area (Å²) in [5.41, 5.74) is 2.08. The highest BCUT2D eigenvalue weighted by atomic mass is 32.2. The number of nitrogens with zero attached hydrogens (tertiary/aromatic N) is 3. The van der Waals surface area contributed by atoms with Crippen LogP contribution in [0.2, 0.25) is 0 Å². The van der Waals surface area contributed by atoms with Gasteiger partial charge >= 0.3 is 0 Å². The highest BCUT2D eigenvalue weighted by molar-refractivity contribution is 7.90. The standard InChI is InChI=1S/C17H21N3O3S/c1-12-6-7-13(9-16(12)24(3,22)23)17(21)20-8-4-5-15(20)14-10-18-19(2)11-14/h6-7,9-11,15H,4-5,8H2,1-3H3/t15-/m0/s1. The van der Waals surface area contributed by atoms with E-state index in [2.05, 4.69) is 5.10 Å². The van der Waals surface area contributed by atoms with Crippen molar-refractivity contribution in [1.29, 1.82) is 0 Å². The van der Waals surface area contributed by atoms with E-state index >= 15 is 0 Å². The molecule has 1 aromatic heterocycles. The Morgan fingerprint density at radius 2 is 2.08 bits per heavy atom. The van der Waals surface area contributed by atoms with Gasteiger partial charge in [-0.15, -0.1) is 0 Å². The van der Waals surface area contributed by atoms with Crippen LogP contribution >= 0.6 is 0 Å². The van der Waals surface area contributed by atoms with Gasteiger partial charge in [0.2, 0.25) is 0 Å². The summed E-state index contributed by atoms with van der Waals surface area (Å²) in [7, 11) is -1.51. The van der Waals surface area contributed by atoms with E-state index in [0.717, 1.165) is 24.7 Å². The van der Waals surface area contributed by atoms with Crippen LogP contribution in [0.25, 0.3) is 0 Å². The minimum Gasteiger partial charge on any atom is -0.331 e. The summed E-state index contributed by atoms with van der Waals surface area (Å²) < 4.78 is 25.5. The molecular formula is C17H21N3O3S. The number of aryl methyl sites for hydroxylation is 2. The largest absolute Gasteiger partial charge is 0.331 e. The van der Waals surface area contributed by atoms with Crippen molar-refractivity contribution in [3.8, 4) is 0 Å². The molecule has 128 valence electrons. The van der Waals surface area contributed by atoms with Crippen molar-refractivity contribution in [2.24, 2.45) is 7.05 Å². The Bertz CT molecular complexity index is 886. The molecule has 1 aliphatic heterocycles. The number of carbonyl (C=O) groups excluding carboxylic acids is 1. The zero-order chi connectivity index (χ0) is 17.5. The fourth-order valence-electron chi connectivity index (χ4n) is 3.27. The summed E-state index contributed by atoms with van der Waals surface area (Å²) in [6.45, 7) is 2.40. The molecule has 24 heavy (non-hydrogen) atoms. The quantitative estimate of drug-likeness (QED) is 0.852. The van der Waals surface area contributed by atoms with E-state index in [1.165, 1.54) is 6.07 Å². The molecule has 1 aromatic carbocycles. The molecule has 0 spiro atoms. The third kappa shape index (κ3) is 3.08. The maximum atomic E-state index is 12.9. The number of sulfone groups is 1. The molecule has 7 heteroatoms. The highest BCUT2D eigenvalue weighted by Crippen LogP contribution is 2.33. The molecule has 1 atom stereocenters. The Labute approximate surface area is 142 Å². The van der Waals surface area contributed by atoms with Crippen LogP contribution in [0.1, 0.15) is 40.4 Å². The molecule has 1 fully saturated rings. The first-order valence-electron chi connectivity index (χ1n) is 7.87. The van der Waals surface area contributed by atoms with Crippen LogP contribution in [0, 0.1) is 6.92 Å². The highest BCUT2D eigenvalue weighted by Gasteiger charge is 2.31. The second-order valence-electron chi connectivity index (χ2n) is 6.36. The van der Waals surface area contributed by atoms with Gasteiger partial charge in [-0.1, -0.05) is 6.07 Å². The molecule has 1 saturated heterocycles. The molecule has 3 rings (SSSR count).